The summed E-state index contributed by atoms with van der Waals surface area (Å²) in [5.41, 5.74) is 0.310. The molecule has 0 saturated carbocycles. The zero-order valence-electron chi connectivity index (χ0n) is 13.3. The third-order valence-corrected chi connectivity index (χ3v) is 4.49. The summed E-state index contributed by atoms with van der Waals surface area (Å²) >= 11 is 0. The summed E-state index contributed by atoms with van der Waals surface area (Å²) in [6.07, 6.45) is 1.61. The predicted octanol–water partition coefficient (Wildman–Crippen LogP) is 1.52. The van der Waals surface area contributed by atoms with Crippen LogP contribution >= 0.6 is 0 Å². The van der Waals surface area contributed by atoms with Crippen LogP contribution in [0.5, 0.6) is 0 Å². The van der Waals surface area contributed by atoms with E-state index in [0.717, 1.165) is 5.56 Å². The lowest BCUT2D eigenvalue weighted by Gasteiger charge is -2.40. The fourth-order valence-electron chi connectivity index (χ4n) is 3.02. The molecule has 6 heteroatoms. The molecule has 1 aromatic carbocycles. The Hall–Kier alpha value is -1.92. The van der Waals surface area contributed by atoms with Crippen LogP contribution in [0.4, 0.5) is 0 Å². The second kappa shape index (κ2) is 7.57. The van der Waals surface area contributed by atoms with Crippen LogP contribution < -0.4 is 0 Å². The van der Waals surface area contributed by atoms with Crippen LogP contribution in [0.3, 0.4) is 0 Å². The molecule has 1 fully saturated rings. The number of rotatable bonds is 6. The van der Waals surface area contributed by atoms with Gasteiger partial charge in [0.05, 0.1) is 12.0 Å². The number of aliphatic hydroxyl groups excluding tert-OH is 1. The number of carboxylic acid groups (broad SMARTS) is 1. The molecule has 0 spiro atoms. The highest BCUT2D eigenvalue weighted by molar-refractivity contribution is 5.94. The third kappa shape index (κ3) is 3.89. The summed E-state index contributed by atoms with van der Waals surface area (Å²) in [5, 5.41) is 18.7. The van der Waals surface area contributed by atoms with Crippen LogP contribution in [0.25, 0.3) is 0 Å². The number of piperidine rings is 1. The minimum Gasteiger partial charge on any atom is -0.481 e. The van der Waals surface area contributed by atoms with Gasteiger partial charge >= 0.3 is 5.97 Å². The first-order valence-electron chi connectivity index (χ1n) is 7.74. The number of likely N-dealkylation sites (tertiary alicyclic amines) is 1. The third-order valence-electron chi connectivity index (χ3n) is 4.49. The number of carbonyl (C=O) groups is 2. The van der Waals surface area contributed by atoms with Crippen molar-refractivity contribution in [2.24, 2.45) is 5.41 Å². The van der Waals surface area contributed by atoms with Gasteiger partial charge in [-0.05, 0) is 37.0 Å². The van der Waals surface area contributed by atoms with Gasteiger partial charge in [-0.2, -0.15) is 0 Å². The molecule has 0 bridgehead atoms. The van der Waals surface area contributed by atoms with Crippen molar-refractivity contribution in [1.29, 1.82) is 0 Å². The van der Waals surface area contributed by atoms with Crippen molar-refractivity contribution in [1.82, 2.24) is 4.90 Å². The number of aliphatic carboxylic acids is 1. The normalized spacial score (nSPS) is 21.2. The van der Waals surface area contributed by atoms with Crippen LogP contribution in [0.1, 0.15) is 35.2 Å². The number of aliphatic hydroxyl groups is 1. The minimum absolute atomic E-state index is 0.0721. The lowest BCUT2D eigenvalue weighted by Crippen LogP contribution is -2.50. The highest BCUT2D eigenvalue weighted by Crippen LogP contribution is 2.34. The van der Waals surface area contributed by atoms with E-state index in [0.29, 0.717) is 38.0 Å². The van der Waals surface area contributed by atoms with E-state index >= 15 is 0 Å². The molecule has 0 aliphatic carbocycles. The standard InChI is InChI=1S/C17H23NO5/c1-23-10-8-17(16(21)22)7-2-9-18(12-17)15(20)14-5-3-13(11-19)4-6-14/h3-6,19H,2,7-12H2,1H3,(H,21,22)/t17-/m1/s1. The van der Waals surface area contributed by atoms with E-state index < -0.39 is 11.4 Å². The van der Waals surface area contributed by atoms with Gasteiger partial charge in [-0.15, -0.1) is 0 Å². The summed E-state index contributed by atoms with van der Waals surface area (Å²) in [5.74, 6) is -1.04. The molecule has 2 N–H and O–H groups in total. The first kappa shape index (κ1) is 17.4. The molecular formula is C17H23NO5. The molecule has 6 nitrogen and oxygen atoms in total. The van der Waals surface area contributed by atoms with E-state index in [4.69, 9.17) is 9.84 Å². The van der Waals surface area contributed by atoms with Gasteiger partial charge in [0.1, 0.15) is 0 Å². The zero-order valence-corrected chi connectivity index (χ0v) is 13.3. The Morgan fingerprint density at radius 2 is 2.00 bits per heavy atom. The average Bonchev–Trinajstić information content (AvgIpc) is 2.59. The number of ether oxygens (including phenoxy) is 1. The monoisotopic (exact) mass is 321 g/mol. The number of carbonyl (C=O) groups excluding carboxylic acids is 1. The van der Waals surface area contributed by atoms with Crippen LogP contribution in [0.15, 0.2) is 24.3 Å². The lowest BCUT2D eigenvalue weighted by atomic mass is 9.77. The number of carboxylic acids is 1. The second-order valence-corrected chi connectivity index (χ2v) is 6.01. The van der Waals surface area contributed by atoms with Crippen LogP contribution in [-0.4, -0.2) is 53.8 Å². The summed E-state index contributed by atoms with van der Waals surface area (Å²) in [4.78, 5) is 26.0. The van der Waals surface area contributed by atoms with Gasteiger partial charge in [0.15, 0.2) is 0 Å². The van der Waals surface area contributed by atoms with E-state index in [9.17, 15) is 14.7 Å². The molecule has 1 amide bonds. The summed E-state index contributed by atoms with van der Waals surface area (Å²) < 4.78 is 5.04. The molecule has 2 rings (SSSR count). The summed E-state index contributed by atoms with van der Waals surface area (Å²) in [6.45, 7) is 1.05. The van der Waals surface area contributed by atoms with Crippen LogP contribution in [0, 0.1) is 5.41 Å². The number of hydrogen-bond donors (Lipinski definition) is 2. The molecule has 0 unspecified atom stereocenters. The lowest BCUT2D eigenvalue weighted by molar-refractivity contribution is -0.153. The number of hydrogen-bond acceptors (Lipinski definition) is 4. The van der Waals surface area contributed by atoms with E-state index in [1.54, 1.807) is 36.3 Å². The van der Waals surface area contributed by atoms with Gasteiger partial charge in [-0.3, -0.25) is 9.59 Å². The van der Waals surface area contributed by atoms with E-state index in [1.807, 2.05) is 0 Å². The van der Waals surface area contributed by atoms with Gasteiger partial charge in [-0.25, -0.2) is 0 Å². The van der Waals surface area contributed by atoms with Crippen molar-refractivity contribution >= 4 is 11.9 Å². The fraction of sp³-hybridized carbons (Fsp3) is 0.529. The number of methoxy groups -OCH3 is 1. The van der Waals surface area contributed by atoms with Crippen molar-refractivity contribution in [2.45, 2.75) is 25.9 Å². The first-order chi connectivity index (χ1) is 11.0. The summed E-state index contributed by atoms with van der Waals surface area (Å²) in [7, 11) is 1.55. The van der Waals surface area contributed by atoms with Crippen molar-refractivity contribution in [3.8, 4) is 0 Å². The first-order valence-corrected chi connectivity index (χ1v) is 7.74. The predicted molar refractivity (Wildman–Crippen MR) is 84.1 cm³/mol. The smallest absolute Gasteiger partial charge is 0.311 e. The molecule has 23 heavy (non-hydrogen) atoms. The fourth-order valence-corrected chi connectivity index (χ4v) is 3.02. The maximum atomic E-state index is 12.6. The van der Waals surface area contributed by atoms with Gasteiger partial charge in [0.2, 0.25) is 0 Å². The molecule has 1 aromatic rings. The molecule has 1 aliphatic heterocycles. The van der Waals surface area contributed by atoms with Crippen LogP contribution in [0.2, 0.25) is 0 Å². The molecule has 1 aliphatic rings. The van der Waals surface area contributed by atoms with Crippen molar-refractivity contribution in [3.63, 3.8) is 0 Å². The van der Waals surface area contributed by atoms with Crippen molar-refractivity contribution < 1.29 is 24.5 Å². The Bertz CT molecular complexity index is 557. The molecule has 0 radical (unpaired) electrons. The summed E-state index contributed by atoms with van der Waals surface area (Å²) in [6, 6.07) is 6.74. The van der Waals surface area contributed by atoms with Gasteiger partial charge in [0, 0.05) is 32.4 Å². The Morgan fingerprint density at radius 1 is 1.30 bits per heavy atom. The minimum atomic E-state index is -0.936. The van der Waals surface area contributed by atoms with Gasteiger partial charge < -0.3 is 19.8 Å². The van der Waals surface area contributed by atoms with E-state index in [-0.39, 0.29) is 19.1 Å². The Kier molecular flexibility index (Phi) is 5.74. The number of amides is 1. The zero-order chi connectivity index (χ0) is 16.9. The largest absolute Gasteiger partial charge is 0.481 e. The Labute approximate surface area is 135 Å². The molecule has 1 saturated heterocycles. The maximum Gasteiger partial charge on any atom is 0.311 e. The number of nitrogens with zero attached hydrogens (tertiary/aromatic N) is 1. The molecule has 0 aromatic heterocycles. The van der Waals surface area contributed by atoms with Crippen molar-refractivity contribution in [2.75, 3.05) is 26.8 Å². The Morgan fingerprint density at radius 3 is 2.57 bits per heavy atom. The van der Waals surface area contributed by atoms with Gasteiger partial charge in [0.25, 0.3) is 5.91 Å². The second-order valence-electron chi connectivity index (χ2n) is 6.01. The molecule has 126 valence electrons. The molecule has 1 atom stereocenters. The van der Waals surface area contributed by atoms with Crippen molar-refractivity contribution in [3.05, 3.63) is 35.4 Å². The SMILES string of the molecule is COCC[C@]1(C(=O)O)CCCN(C(=O)c2ccc(CO)cc2)C1. The quantitative estimate of drug-likeness (QED) is 0.829. The maximum absolute atomic E-state index is 12.6. The highest BCUT2D eigenvalue weighted by Gasteiger charge is 2.43. The van der Waals surface area contributed by atoms with E-state index in [2.05, 4.69) is 0 Å². The molecular weight excluding hydrogens is 298 g/mol. The van der Waals surface area contributed by atoms with E-state index in [1.165, 1.54) is 0 Å². The Balaban J connectivity index is 2.14. The molecule has 1 heterocycles. The van der Waals surface area contributed by atoms with Crippen LogP contribution in [-0.2, 0) is 16.1 Å². The van der Waals surface area contributed by atoms with Gasteiger partial charge in [-0.1, -0.05) is 12.1 Å². The highest BCUT2D eigenvalue weighted by atomic mass is 16.5. The average molecular weight is 321 g/mol. The topological polar surface area (TPSA) is 87.1 Å². The number of benzene rings is 1.